The number of aromatic nitrogens is 2. The predicted molar refractivity (Wildman–Crippen MR) is 131 cm³/mol. The summed E-state index contributed by atoms with van der Waals surface area (Å²) < 4.78 is 71.6. The van der Waals surface area contributed by atoms with Gasteiger partial charge >= 0.3 is 0 Å². The maximum absolute atomic E-state index is 13.6. The molecule has 210 valence electrons. The number of anilines is 1. The van der Waals surface area contributed by atoms with Gasteiger partial charge in [-0.15, -0.1) is 0 Å². The second-order valence-corrected chi connectivity index (χ2v) is 9.64. The van der Waals surface area contributed by atoms with Gasteiger partial charge in [-0.2, -0.15) is 0 Å². The maximum atomic E-state index is 13.6. The molecule has 0 radical (unpaired) electrons. The zero-order valence-electron chi connectivity index (χ0n) is 21.8. The van der Waals surface area contributed by atoms with Gasteiger partial charge in [0.2, 0.25) is 0 Å². The summed E-state index contributed by atoms with van der Waals surface area (Å²) in [6, 6.07) is 4.26. The summed E-state index contributed by atoms with van der Waals surface area (Å²) in [5.41, 5.74) is 0.151. The molecule has 3 N–H and O–H groups in total. The number of hydrogen-bond acceptors (Lipinski definition) is 8. The Morgan fingerprint density at radius 3 is 2.34 bits per heavy atom. The zero-order chi connectivity index (χ0) is 27.6. The van der Waals surface area contributed by atoms with Crippen LogP contribution in [0.25, 0.3) is 0 Å². The summed E-state index contributed by atoms with van der Waals surface area (Å²) >= 11 is 0. The Kier molecular flexibility index (Phi) is 8.88. The highest BCUT2D eigenvalue weighted by molar-refractivity contribution is 5.51. The topological polar surface area (TPSA) is 97.8 Å². The van der Waals surface area contributed by atoms with Crippen LogP contribution in [0.5, 0.6) is 0 Å². The number of nitrogens with zero attached hydrogens (tertiary/aromatic N) is 2. The fourth-order valence-electron chi connectivity index (χ4n) is 4.78. The van der Waals surface area contributed by atoms with Gasteiger partial charge in [-0.25, -0.2) is 27.5 Å². The van der Waals surface area contributed by atoms with Crippen molar-refractivity contribution in [3.05, 3.63) is 52.0 Å². The van der Waals surface area contributed by atoms with Gasteiger partial charge in [-0.1, -0.05) is 18.2 Å². The third-order valence-electron chi connectivity index (χ3n) is 6.96. The second-order valence-electron chi connectivity index (χ2n) is 9.64. The van der Waals surface area contributed by atoms with Gasteiger partial charge in [0.1, 0.15) is 24.0 Å². The molecular weight excluding hydrogens is 508 g/mol. The molecule has 2 fully saturated rings. The Labute approximate surface area is 219 Å². The predicted octanol–water partition coefficient (Wildman–Crippen LogP) is 5.03. The van der Waals surface area contributed by atoms with Crippen LogP contribution in [0.2, 0.25) is 0 Å². The van der Waals surface area contributed by atoms with Crippen LogP contribution in [0.4, 0.5) is 23.4 Å². The van der Waals surface area contributed by atoms with Gasteiger partial charge in [0.25, 0.3) is 12.9 Å². The highest BCUT2D eigenvalue weighted by Gasteiger charge is 2.53. The number of benzene rings is 1. The molecule has 1 aromatic heterocycles. The van der Waals surface area contributed by atoms with E-state index in [9.17, 15) is 22.7 Å². The molecule has 8 nitrogen and oxygen atoms in total. The number of nitrogens with one attached hydrogen (secondary N) is 2. The average Bonchev–Trinajstić information content (AvgIpc) is 3.44. The number of alkyl halides is 4. The van der Waals surface area contributed by atoms with Crippen LogP contribution in [-0.2, 0) is 14.2 Å². The minimum atomic E-state index is -2.65. The van der Waals surface area contributed by atoms with Crippen LogP contribution in [0, 0.1) is 13.8 Å². The van der Waals surface area contributed by atoms with Gasteiger partial charge in [0.15, 0.2) is 6.29 Å². The molecule has 0 bridgehead atoms. The molecule has 2 aliphatic rings. The molecule has 2 unspecified atom stereocenters. The first-order valence-corrected chi connectivity index (χ1v) is 12.7. The Balaban J connectivity index is 1.74. The average molecular weight is 543 g/mol. The molecule has 1 saturated heterocycles. The van der Waals surface area contributed by atoms with Gasteiger partial charge in [-0.3, -0.25) is 5.32 Å². The van der Waals surface area contributed by atoms with E-state index in [1.165, 1.54) is 6.07 Å². The normalized spacial score (nSPS) is 19.7. The zero-order valence-corrected chi connectivity index (χ0v) is 21.8. The SMILES string of the molecule is CCOC(c1nc(C)nc(N[C@H](C)c2cccc(C(F)F)c2C)c1C1OCCO1)C(O)NC1(C(F)F)CC1. The van der Waals surface area contributed by atoms with E-state index in [1.54, 1.807) is 32.9 Å². The molecule has 2 aromatic rings. The van der Waals surface area contributed by atoms with Crippen molar-refractivity contribution in [3.8, 4) is 0 Å². The van der Waals surface area contributed by atoms with Crippen molar-refractivity contribution in [2.75, 3.05) is 25.1 Å². The van der Waals surface area contributed by atoms with Gasteiger partial charge in [0.05, 0.1) is 36.1 Å². The van der Waals surface area contributed by atoms with E-state index in [-0.39, 0.29) is 30.7 Å². The van der Waals surface area contributed by atoms with E-state index in [1.807, 2.05) is 6.92 Å². The van der Waals surface area contributed by atoms with Crippen LogP contribution in [0.3, 0.4) is 0 Å². The molecule has 3 atom stereocenters. The van der Waals surface area contributed by atoms with Crippen molar-refractivity contribution in [1.82, 2.24) is 15.3 Å². The fraction of sp³-hybridized carbons (Fsp3) is 0.615. The Morgan fingerprint density at radius 1 is 1.11 bits per heavy atom. The third-order valence-corrected chi connectivity index (χ3v) is 6.96. The summed E-state index contributed by atoms with van der Waals surface area (Å²) in [5.74, 6) is 0.627. The van der Waals surface area contributed by atoms with E-state index in [0.29, 0.717) is 41.5 Å². The molecule has 4 rings (SSSR count). The van der Waals surface area contributed by atoms with Gasteiger partial charge < -0.3 is 24.6 Å². The maximum Gasteiger partial charge on any atom is 0.264 e. The third kappa shape index (κ3) is 5.94. The van der Waals surface area contributed by atoms with Crippen molar-refractivity contribution in [2.45, 2.75) is 83.6 Å². The monoisotopic (exact) mass is 542 g/mol. The lowest BCUT2D eigenvalue weighted by Gasteiger charge is -2.30. The number of aliphatic hydroxyl groups is 1. The van der Waals surface area contributed by atoms with Gasteiger partial charge in [-0.05, 0) is 51.7 Å². The first-order chi connectivity index (χ1) is 18.1. The molecule has 1 aromatic carbocycles. The molecule has 1 saturated carbocycles. The summed E-state index contributed by atoms with van der Waals surface area (Å²) in [5, 5.41) is 17.0. The number of halogens is 4. The van der Waals surface area contributed by atoms with Crippen LogP contribution < -0.4 is 10.6 Å². The number of rotatable bonds is 12. The molecule has 0 amide bonds. The first-order valence-electron chi connectivity index (χ1n) is 12.7. The molecular formula is C26H34F4N4O4. The highest BCUT2D eigenvalue weighted by atomic mass is 19.3. The molecule has 12 heteroatoms. The van der Waals surface area contributed by atoms with Gasteiger partial charge in [0, 0.05) is 12.2 Å². The molecule has 38 heavy (non-hydrogen) atoms. The summed E-state index contributed by atoms with van der Waals surface area (Å²) in [6.07, 6.45) is -8.36. The van der Waals surface area contributed by atoms with Crippen molar-refractivity contribution in [1.29, 1.82) is 0 Å². The Bertz CT molecular complexity index is 1110. The van der Waals surface area contributed by atoms with Crippen molar-refractivity contribution < 1.29 is 36.9 Å². The lowest BCUT2D eigenvalue weighted by molar-refractivity contribution is -0.0775. The Morgan fingerprint density at radius 2 is 1.76 bits per heavy atom. The minimum Gasteiger partial charge on any atom is -0.375 e. The fourth-order valence-corrected chi connectivity index (χ4v) is 4.78. The Hall–Kier alpha value is -2.38. The van der Waals surface area contributed by atoms with Crippen molar-refractivity contribution >= 4 is 5.82 Å². The highest BCUT2D eigenvalue weighted by Crippen LogP contribution is 2.43. The first kappa shape index (κ1) is 28.6. The lowest BCUT2D eigenvalue weighted by Crippen LogP contribution is -2.48. The van der Waals surface area contributed by atoms with Crippen LogP contribution >= 0.6 is 0 Å². The largest absolute Gasteiger partial charge is 0.375 e. The number of aliphatic hydroxyl groups excluding tert-OH is 1. The van der Waals surface area contributed by atoms with Crippen LogP contribution in [0.15, 0.2) is 18.2 Å². The van der Waals surface area contributed by atoms with E-state index < -0.39 is 43.1 Å². The molecule has 0 spiro atoms. The van der Waals surface area contributed by atoms with E-state index >= 15 is 0 Å². The standard InChI is InChI=1S/C26H34F4N4O4/c1-5-36-20(23(35)34-26(9-10-26)25(29)30)19-18(24-37-11-12-38-24)22(33-15(4)32-19)31-14(3)16-7-6-8-17(13(16)2)21(27)28/h6-8,14,20-21,23-25,34-35H,5,9-12H2,1-4H3,(H,31,32,33)/t14-,20?,23?/m1/s1. The molecule has 1 aliphatic heterocycles. The molecule has 1 aliphatic carbocycles. The summed E-state index contributed by atoms with van der Waals surface area (Å²) in [6.45, 7) is 7.58. The van der Waals surface area contributed by atoms with Crippen molar-refractivity contribution in [2.24, 2.45) is 0 Å². The number of ether oxygens (including phenoxy) is 3. The molecule has 2 heterocycles. The summed E-state index contributed by atoms with van der Waals surface area (Å²) in [4.78, 5) is 9.07. The van der Waals surface area contributed by atoms with E-state index in [4.69, 9.17) is 14.2 Å². The number of hydrogen-bond donors (Lipinski definition) is 3. The second kappa shape index (κ2) is 11.8. The van der Waals surface area contributed by atoms with E-state index in [2.05, 4.69) is 20.6 Å². The smallest absolute Gasteiger partial charge is 0.264 e. The van der Waals surface area contributed by atoms with Crippen molar-refractivity contribution in [3.63, 3.8) is 0 Å². The van der Waals surface area contributed by atoms with E-state index in [0.717, 1.165) is 0 Å². The quantitative estimate of drug-likeness (QED) is 0.254. The number of aryl methyl sites for hydroxylation is 1. The minimum absolute atomic E-state index is 0.0583. The lowest BCUT2D eigenvalue weighted by atomic mass is 9.97. The summed E-state index contributed by atoms with van der Waals surface area (Å²) in [7, 11) is 0. The van der Waals surface area contributed by atoms with Crippen LogP contribution in [-0.4, -0.2) is 53.1 Å². The van der Waals surface area contributed by atoms with Crippen LogP contribution in [0.1, 0.15) is 85.3 Å².